The van der Waals surface area contributed by atoms with Crippen LogP contribution in [0.2, 0.25) is 0 Å². The highest BCUT2D eigenvalue weighted by Gasteiger charge is 2.46. The number of likely N-dealkylation sites (N-methyl/N-ethyl adjacent to an activating group) is 1. The molecule has 1 aromatic rings. The average Bonchev–Trinajstić information content (AvgIpc) is 3.25. The second-order valence-electron chi connectivity index (χ2n) is 7.38. The second-order valence-corrected chi connectivity index (χ2v) is 8.76. The molecule has 0 unspecified atom stereocenters. The van der Waals surface area contributed by atoms with Crippen molar-refractivity contribution < 1.29 is 32.7 Å². The molecule has 2 amide bonds. The SMILES string of the molecule is Cc1ccc(CN2C[C@H]3CN(CC(=O)N(C)C)C(=O)[C@H]3C2)s1.O=C(O)C(F)(F)F. The summed E-state index contributed by atoms with van der Waals surface area (Å²) < 4.78 is 31.7. The van der Waals surface area contributed by atoms with Gasteiger partial charge < -0.3 is 14.9 Å². The minimum absolute atomic E-state index is 0.000703. The zero-order valence-corrected chi connectivity index (χ0v) is 17.2. The molecule has 0 aromatic carbocycles. The van der Waals surface area contributed by atoms with E-state index in [1.807, 2.05) is 11.3 Å². The number of thiophene rings is 1. The van der Waals surface area contributed by atoms with Gasteiger partial charge in [0.05, 0.1) is 12.5 Å². The van der Waals surface area contributed by atoms with Crippen LogP contribution in [0.3, 0.4) is 0 Å². The van der Waals surface area contributed by atoms with Crippen molar-refractivity contribution in [2.45, 2.75) is 19.6 Å². The predicted octanol–water partition coefficient (Wildman–Crippen LogP) is 1.67. The summed E-state index contributed by atoms with van der Waals surface area (Å²) in [6, 6.07) is 4.33. The molecule has 162 valence electrons. The van der Waals surface area contributed by atoms with E-state index < -0.39 is 12.1 Å². The van der Waals surface area contributed by atoms with Crippen LogP contribution in [0.15, 0.2) is 12.1 Å². The summed E-state index contributed by atoms with van der Waals surface area (Å²) in [6.07, 6.45) is -5.08. The number of rotatable bonds is 4. The summed E-state index contributed by atoms with van der Waals surface area (Å²) in [5.74, 6) is -2.14. The van der Waals surface area contributed by atoms with E-state index in [1.54, 1.807) is 23.9 Å². The average molecular weight is 435 g/mol. The molecule has 1 N–H and O–H groups in total. The number of likely N-dealkylation sites (tertiary alicyclic amines) is 2. The van der Waals surface area contributed by atoms with Crippen molar-refractivity contribution in [2.75, 3.05) is 40.3 Å². The second kappa shape index (κ2) is 9.12. The lowest BCUT2D eigenvalue weighted by Crippen LogP contribution is -2.40. The van der Waals surface area contributed by atoms with Crippen LogP contribution in [-0.4, -0.2) is 84.0 Å². The number of fused-ring (bicyclic) bond motifs is 1. The van der Waals surface area contributed by atoms with Gasteiger partial charge in [0.2, 0.25) is 11.8 Å². The Morgan fingerprint density at radius 3 is 2.31 bits per heavy atom. The molecule has 0 radical (unpaired) electrons. The standard InChI is InChI=1S/C16H23N3O2S.C2HF3O2/c1-11-4-5-13(22-11)8-18-6-12-7-19(10-15(20)17(2)3)16(21)14(12)9-18;3-2(4,5)1(6)7/h4-5,12,14H,6-10H2,1-3H3;(H,6,7)/t12-,14-;/m0./s1. The molecule has 7 nitrogen and oxygen atoms in total. The van der Waals surface area contributed by atoms with Crippen molar-refractivity contribution in [3.8, 4) is 0 Å². The van der Waals surface area contributed by atoms with Gasteiger partial charge in [0, 0.05) is 55.9 Å². The number of hydrogen-bond acceptors (Lipinski definition) is 5. The van der Waals surface area contributed by atoms with Gasteiger partial charge in [-0.3, -0.25) is 14.5 Å². The number of carbonyl (C=O) groups excluding carboxylic acids is 2. The van der Waals surface area contributed by atoms with E-state index in [-0.39, 0.29) is 24.3 Å². The maximum absolute atomic E-state index is 12.5. The van der Waals surface area contributed by atoms with E-state index in [4.69, 9.17) is 9.90 Å². The van der Waals surface area contributed by atoms with Gasteiger partial charge in [-0.25, -0.2) is 4.79 Å². The highest BCUT2D eigenvalue weighted by atomic mass is 32.1. The van der Waals surface area contributed by atoms with Crippen LogP contribution in [0.4, 0.5) is 13.2 Å². The Kier molecular flexibility index (Phi) is 7.28. The molecule has 0 spiro atoms. The molecule has 2 aliphatic heterocycles. The lowest BCUT2D eigenvalue weighted by molar-refractivity contribution is -0.192. The van der Waals surface area contributed by atoms with Crippen molar-refractivity contribution in [2.24, 2.45) is 11.8 Å². The molecule has 1 aromatic heterocycles. The lowest BCUT2D eigenvalue weighted by Gasteiger charge is -2.22. The molecule has 11 heteroatoms. The normalized spacial score (nSPS) is 21.6. The van der Waals surface area contributed by atoms with Gasteiger partial charge in [0.1, 0.15) is 0 Å². The van der Waals surface area contributed by atoms with Gasteiger partial charge in [-0.05, 0) is 19.1 Å². The minimum atomic E-state index is -5.08. The molecule has 2 atom stereocenters. The van der Waals surface area contributed by atoms with Crippen LogP contribution in [0.5, 0.6) is 0 Å². The Balaban J connectivity index is 0.000000370. The fraction of sp³-hybridized carbons (Fsp3) is 0.611. The summed E-state index contributed by atoms with van der Waals surface area (Å²) in [6.45, 7) is 5.80. The molecular formula is C18H24F3N3O4S. The first-order valence-electron chi connectivity index (χ1n) is 8.95. The molecular weight excluding hydrogens is 411 g/mol. The van der Waals surface area contributed by atoms with Gasteiger partial charge >= 0.3 is 12.1 Å². The molecule has 2 saturated heterocycles. The first-order valence-corrected chi connectivity index (χ1v) is 9.76. The molecule has 2 fully saturated rings. The van der Waals surface area contributed by atoms with E-state index >= 15 is 0 Å². The summed E-state index contributed by atoms with van der Waals surface area (Å²) in [7, 11) is 3.46. The third kappa shape index (κ3) is 6.17. The van der Waals surface area contributed by atoms with Gasteiger partial charge in [0.15, 0.2) is 0 Å². The third-order valence-corrected chi connectivity index (χ3v) is 5.83. The molecule has 0 bridgehead atoms. The van der Waals surface area contributed by atoms with Crippen LogP contribution in [0.1, 0.15) is 9.75 Å². The molecule has 0 saturated carbocycles. The predicted molar refractivity (Wildman–Crippen MR) is 100 cm³/mol. The lowest BCUT2D eigenvalue weighted by atomic mass is 10.0. The monoisotopic (exact) mass is 435 g/mol. The van der Waals surface area contributed by atoms with Gasteiger partial charge in [-0.2, -0.15) is 13.2 Å². The Hall–Kier alpha value is -2.14. The quantitative estimate of drug-likeness (QED) is 0.778. The Morgan fingerprint density at radius 1 is 1.24 bits per heavy atom. The van der Waals surface area contributed by atoms with Crippen molar-refractivity contribution >= 4 is 29.1 Å². The van der Waals surface area contributed by atoms with Crippen LogP contribution >= 0.6 is 11.3 Å². The number of carboxylic acid groups (broad SMARTS) is 1. The fourth-order valence-corrected chi connectivity index (χ4v) is 4.33. The minimum Gasteiger partial charge on any atom is -0.475 e. The van der Waals surface area contributed by atoms with E-state index in [0.29, 0.717) is 5.92 Å². The molecule has 3 heterocycles. The summed E-state index contributed by atoms with van der Waals surface area (Å²) in [5.41, 5.74) is 0. The first kappa shape index (κ1) is 23.1. The number of nitrogens with zero attached hydrogens (tertiary/aromatic N) is 3. The number of aryl methyl sites for hydroxylation is 1. The first-order chi connectivity index (χ1) is 13.4. The Morgan fingerprint density at radius 2 is 1.86 bits per heavy atom. The van der Waals surface area contributed by atoms with Crippen molar-refractivity contribution in [1.29, 1.82) is 0 Å². The van der Waals surface area contributed by atoms with Crippen molar-refractivity contribution in [1.82, 2.24) is 14.7 Å². The highest BCUT2D eigenvalue weighted by molar-refractivity contribution is 7.11. The van der Waals surface area contributed by atoms with Gasteiger partial charge in [0.25, 0.3) is 0 Å². The van der Waals surface area contributed by atoms with E-state index in [1.165, 1.54) is 9.75 Å². The van der Waals surface area contributed by atoms with Crippen LogP contribution < -0.4 is 0 Å². The van der Waals surface area contributed by atoms with E-state index in [2.05, 4.69) is 24.0 Å². The maximum atomic E-state index is 12.5. The molecule has 0 aliphatic carbocycles. The summed E-state index contributed by atoms with van der Waals surface area (Å²) in [4.78, 5) is 41.5. The maximum Gasteiger partial charge on any atom is 0.490 e. The number of carboxylic acids is 1. The number of amides is 2. The third-order valence-electron chi connectivity index (χ3n) is 4.84. The Labute approximate surface area is 170 Å². The fourth-order valence-electron chi connectivity index (χ4n) is 3.40. The van der Waals surface area contributed by atoms with Crippen LogP contribution in [0.25, 0.3) is 0 Å². The van der Waals surface area contributed by atoms with E-state index in [0.717, 1.165) is 26.2 Å². The molecule has 2 aliphatic rings. The molecule has 29 heavy (non-hydrogen) atoms. The van der Waals surface area contributed by atoms with E-state index in [9.17, 15) is 22.8 Å². The largest absolute Gasteiger partial charge is 0.490 e. The number of aliphatic carboxylic acids is 1. The Bertz CT molecular complexity index is 766. The zero-order chi connectivity index (χ0) is 21.9. The number of hydrogen-bond donors (Lipinski definition) is 1. The van der Waals surface area contributed by atoms with Gasteiger partial charge in [-0.1, -0.05) is 0 Å². The topological polar surface area (TPSA) is 81.2 Å². The van der Waals surface area contributed by atoms with Gasteiger partial charge in [-0.15, -0.1) is 11.3 Å². The number of alkyl halides is 3. The van der Waals surface area contributed by atoms with Crippen molar-refractivity contribution in [3.63, 3.8) is 0 Å². The highest BCUT2D eigenvalue weighted by Crippen LogP contribution is 2.33. The number of carbonyl (C=O) groups is 3. The van der Waals surface area contributed by atoms with Crippen molar-refractivity contribution in [3.05, 3.63) is 21.9 Å². The zero-order valence-electron chi connectivity index (χ0n) is 16.4. The molecule has 3 rings (SSSR count). The number of halogens is 3. The van der Waals surface area contributed by atoms with Crippen LogP contribution in [0, 0.1) is 18.8 Å². The van der Waals surface area contributed by atoms with Crippen LogP contribution in [-0.2, 0) is 20.9 Å². The summed E-state index contributed by atoms with van der Waals surface area (Å²) in [5, 5.41) is 7.12. The smallest absolute Gasteiger partial charge is 0.475 e. The summed E-state index contributed by atoms with van der Waals surface area (Å²) >= 11 is 1.83.